The molecule has 0 bridgehead atoms. The number of Topliss-reactive ketones (excluding diaryl/α,β-unsaturated/α-hetero) is 1. The van der Waals surface area contributed by atoms with Gasteiger partial charge in [0.1, 0.15) is 11.5 Å². The van der Waals surface area contributed by atoms with Gasteiger partial charge in [0, 0.05) is 36.3 Å². The van der Waals surface area contributed by atoms with Gasteiger partial charge in [-0.25, -0.2) is 4.98 Å². The number of benzene rings is 1. The van der Waals surface area contributed by atoms with E-state index in [1.165, 1.54) is 29.4 Å². The van der Waals surface area contributed by atoms with Crippen LogP contribution in [0.1, 0.15) is 80.7 Å². The molecule has 2 fully saturated rings. The fourth-order valence-corrected chi connectivity index (χ4v) is 7.91. The van der Waals surface area contributed by atoms with Crippen LogP contribution in [0.15, 0.2) is 24.4 Å². The molecular weight excluding hydrogens is 460 g/mol. The molecule has 2 aromatic rings. The Morgan fingerprint density at radius 2 is 2.11 bits per heavy atom. The summed E-state index contributed by atoms with van der Waals surface area (Å²) in [5, 5.41) is 3.56. The zero-order valence-electron chi connectivity index (χ0n) is 20.8. The van der Waals surface area contributed by atoms with Gasteiger partial charge < -0.3 is 10.1 Å². The number of anilines is 1. The molecule has 1 aromatic heterocycles. The Labute approximate surface area is 210 Å². The Hall–Kier alpha value is -2.54. The van der Waals surface area contributed by atoms with E-state index in [1.54, 1.807) is 6.20 Å². The van der Waals surface area contributed by atoms with E-state index in [2.05, 4.69) is 23.3 Å². The highest BCUT2D eigenvalue weighted by Crippen LogP contribution is 2.62. The standard InChI is InChI=1S/C28H34N2O4S/c1-16-15-29-27(35-16)30-25(33)6-4-5-19-14-24(32)28(3)12-11-22-21-10-8-20(34-17(2)31)13-18(21)7-9-23(22)26(19)28/h8,10,13,15,19,22-23,26H,4-7,9,11-12,14H2,1-3H3,(H,29,30,33)/t19-,22?,23?,26?,28-/m1/s1. The number of hydrogen-bond acceptors (Lipinski definition) is 6. The molecule has 35 heavy (non-hydrogen) atoms. The number of fused-ring (bicyclic) bond motifs is 5. The van der Waals surface area contributed by atoms with Gasteiger partial charge in [-0.2, -0.15) is 0 Å². The summed E-state index contributed by atoms with van der Waals surface area (Å²) in [6, 6.07) is 6.08. The van der Waals surface area contributed by atoms with Crippen molar-refractivity contribution < 1.29 is 19.1 Å². The molecule has 6 nitrogen and oxygen atoms in total. The number of ketones is 1. The molecule has 1 amide bonds. The second-order valence-corrected chi connectivity index (χ2v) is 12.1. The molecule has 0 aliphatic heterocycles. The van der Waals surface area contributed by atoms with Gasteiger partial charge in [0.25, 0.3) is 0 Å². The van der Waals surface area contributed by atoms with Crippen molar-refractivity contribution in [1.82, 2.24) is 4.98 Å². The lowest BCUT2D eigenvalue weighted by Gasteiger charge is -2.50. The second kappa shape index (κ2) is 9.49. The molecule has 1 aromatic carbocycles. The molecule has 3 aliphatic carbocycles. The van der Waals surface area contributed by atoms with Crippen LogP contribution in [0.3, 0.4) is 0 Å². The lowest BCUT2D eigenvalue weighted by Crippen LogP contribution is -2.44. The van der Waals surface area contributed by atoms with Crippen LogP contribution in [0, 0.1) is 30.1 Å². The van der Waals surface area contributed by atoms with Gasteiger partial charge in [-0.15, -0.1) is 11.3 Å². The molecule has 3 aliphatic rings. The van der Waals surface area contributed by atoms with Crippen LogP contribution >= 0.6 is 11.3 Å². The van der Waals surface area contributed by atoms with Crippen molar-refractivity contribution in [2.75, 3.05) is 5.32 Å². The molecule has 2 saturated carbocycles. The molecule has 0 spiro atoms. The third kappa shape index (κ3) is 4.67. The zero-order chi connectivity index (χ0) is 24.7. The monoisotopic (exact) mass is 494 g/mol. The van der Waals surface area contributed by atoms with Crippen LogP contribution in [-0.4, -0.2) is 22.6 Å². The highest BCUT2D eigenvalue weighted by molar-refractivity contribution is 7.15. The maximum absolute atomic E-state index is 13.2. The van der Waals surface area contributed by atoms with Gasteiger partial charge in [-0.05, 0) is 92.4 Å². The lowest BCUT2D eigenvalue weighted by molar-refractivity contribution is -0.132. The highest BCUT2D eigenvalue weighted by Gasteiger charge is 2.58. The van der Waals surface area contributed by atoms with E-state index in [9.17, 15) is 14.4 Å². The number of carbonyl (C=O) groups is 3. The smallest absolute Gasteiger partial charge is 0.308 e. The number of hydrogen-bond donors (Lipinski definition) is 1. The van der Waals surface area contributed by atoms with Gasteiger partial charge in [0.15, 0.2) is 5.13 Å². The fraction of sp³-hybridized carbons (Fsp3) is 0.571. The van der Waals surface area contributed by atoms with Crippen molar-refractivity contribution in [1.29, 1.82) is 0 Å². The minimum Gasteiger partial charge on any atom is -0.427 e. The quantitative estimate of drug-likeness (QED) is 0.403. The lowest BCUT2D eigenvalue weighted by atomic mass is 9.54. The highest BCUT2D eigenvalue weighted by atomic mass is 32.1. The summed E-state index contributed by atoms with van der Waals surface area (Å²) in [6.45, 7) is 5.60. The molecule has 0 radical (unpaired) electrons. The van der Waals surface area contributed by atoms with Gasteiger partial charge in [-0.3, -0.25) is 14.4 Å². The summed E-state index contributed by atoms with van der Waals surface area (Å²) >= 11 is 1.49. The van der Waals surface area contributed by atoms with E-state index in [-0.39, 0.29) is 17.3 Å². The predicted molar refractivity (Wildman–Crippen MR) is 136 cm³/mol. The fourth-order valence-electron chi connectivity index (χ4n) is 7.23. The van der Waals surface area contributed by atoms with E-state index in [0.29, 0.717) is 53.2 Å². The Morgan fingerprint density at radius 3 is 2.86 bits per heavy atom. The van der Waals surface area contributed by atoms with Crippen LogP contribution < -0.4 is 10.1 Å². The first kappa shape index (κ1) is 24.2. The molecule has 1 N–H and O–H groups in total. The van der Waals surface area contributed by atoms with Crippen LogP contribution in [-0.2, 0) is 20.8 Å². The average Bonchev–Trinajstić information content (AvgIpc) is 3.32. The van der Waals surface area contributed by atoms with Gasteiger partial charge in [-0.1, -0.05) is 13.0 Å². The summed E-state index contributed by atoms with van der Waals surface area (Å²) in [4.78, 5) is 42.3. The molecule has 7 heteroatoms. The van der Waals surface area contributed by atoms with E-state index >= 15 is 0 Å². The third-order valence-electron chi connectivity index (χ3n) is 8.65. The zero-order valence-corrected chi connectivity index (χ0v) is 21.6. The summed E-state index contributed by atoms with van der Waals surface area (Å²) in [6.07, 6.45) is 8.57. The number of aryl methyl sites for hydroxylation is 2. The minimum atomic E-state index is -0.296. The predicted octanol–water partition coefficient (Wildman–Crippen LogP) is 5.84. The molecule has 5 atom stereocenters. The SMILES string of the molecule is CC(=O)Oc1ccc2c(c1)CCC1C2CC[C@]2(C)C(=O)C[C@@H](CCCC(=O)Nc3ncc(C)s3)C12. The third-order valence-corrected chi connectivity index (χ3v) is 9.48. The molecule has 5 rings (SSSR count). The largest absolute Gasteiger partial charge is 0.427 e. The maximum Gasteiger partial charge on any atom is 0.308 e. The van der Waals surface area contributed by atoms with Gasteiger partial charge >= 0.3 is 5.97 Å². The number of carbonyl (C=O) groups excluding carboxylic acids is 3. The Bertz CT molecular complexity index is 1160. The van der Waals surface area contributed by atoms with Crippen molar-refractivity contribution in [3.8, 4) is 5.75 Å². The van der Waals surface area contributed by atoms with Gasteiger partial charge in [0.2, 0.25) is 5.91 Å². The Morgan fingerprint density at radius 1 is 1.29 bits per heavy atom. The number of nitrogens with one attached hydrogen (secondary N) is 1. The van der Waals surface area contributed by atoms with Crippen molar-refractivity contribution in [3.63, 3.8) is 0 Å². The second-order valence-electron chi connectivity index (χ2n) is 10.8. The van der Waals surface area contributed by atoms with Crippen LogP contribution in [0.25, 0.3) is 0 Å². The minimum absolute atomic E-state index is 0.00290. The maximum atomic E-state index is 13.2. The van der Waals surface area contributed by atoms with Crippen LogP contribution in [0.5, 0.6) is 5.75 Å². The first-order valence-electron chi connectivity index (χ1n) is 12.8. The molecule has 1 heterocycles. The van der Waals surface area contributed by atoms with Crippen LogP contribution in [0.4, 0.5) is 5.13 Å². The molecule has 0 saturated heterocycles. The summed E-state index contributed by atoms with van der Waals surface area (Å²) < 4.78 is 5.32. The number of thiazole rings is 1. The number of ether oxygens (including phenoxy) is 1. The van der Waals surface area contributed by atoms with E-state index in [1.807, 2.05) is 19.1 Å². The number of rotatable bonds is 6. The van der Waals surface area contributed by atoms with E-state index in [0.717, 1.165) is 43.4 Å². The molecule has 186 valence electrons. The average molecular weight is 495 g/mol. The van der Waals surface area contributed by atoms with Gasteiger partial charge in [0.05, 0.1) is 0 Å². The van der Waals surface area contributed by atoms with E-state index in [4.69, 9.17) is 4.74 Å². The number of nitrogens with zero attached hydrogens (tertiary/aromatic N) is 1. The normalized spacial score (nSPS) is 29.2. The number of esters is 1. The summed E-state index contributed by atoms with van der Waals surface area (Å²) in [5.41, 5.74) is 2.42. The molecular formula is C28H34N2O4S. The summed E-state index contributed by atoms with van der Waals surface area (Å²) in [5.74, 6) is 2.41. The first-order valence-corrected chi connectivity index (χ1v) is 13.6. The van der Waals surface area contributed by atoms with E-state index < -0.39 is 0 Å². The first-order chi connectivity index (χ1) is 16.7. The van der Waals surface area contributed by atoms with Crippen molar-refractivity contribution in [3.05, 3.63) is 40.4 Å². The van der Waals surface area contributed by atoms with Crippen LogP contribution in [0.2, 0.25) is 0 Å². The topological polar surface area (TPSA) is 85.4 Å². The Balaban J connectivity index is 1.27. The molecule has 3 unspecified atom stereocenters. The van der Waals surface area contributed by atoms with Crippen molar-refractivity contribution in [2.24, 2.45) is 23.2 Å². The number of amides is 1. The Kier molecular flexibility index (Phi) is 6.55. The van der Waals surface area contributed by atoms with Crippen molar-refractivity contribution >= 4 is 34.1 Å². The number of aromatic nitrogens is 1. The van der Waals surface area contributed by atoms with Crippen molar-refractivity contribution in [2.45, 2.75) is 78.1 Å². The summed E-state index contributed by atoms with van der Waals surface area (Å²) in [7, 11) is 0.